The first-order valence-electron chi connectivity index (χ1n) is 6.00. The van der Waals surface area contributed by atoms with Crippen LogP contribution in [0.3, 0.4) is 0 Å². The maximum Gasteiger partial charge on any atom is 0.417 e. The summed E-state index contributed by atoms with van der Waals surface area (Å²) in [7, 11) is 1.52. The average Bonchev–Trinajstić information content (AvgIpc) is 2.46. The van der Waals surface area contributed by atoms with Gasteiger partial charge in [-0.2, -0.15) is 13.2 Å². The summed E-state index contributed by atoms with van der Waals surface area (Å²) in [6.45, 7) is 0. The zero-order chi connectivity index (χ0) is 15.6. The summed E-state index contributed by atoms with van der Waals surface area (Å²) >= 11 is 2.85. The lowest BCUT2D eigenvalue weighted by Gasteiger charge is -2.18. The lowest BCUT2D eigenvalue weighted by molar-refractivity contribution is -0.138. The second-order valence-electron chi connectivity index (χ2n) is 4.39. The van der Waals surface area contributed by atoms with E-state index in [0.717, 1.165) is 6.07 Å². The molecule has 1 amide bonds. The van der Waals surface area contributed by atoms with E-state index >= 15 is 0 Å². The van der Waals surface area contributed by atoms with Crippen LogP contribution >= 0.6 is 15.9 Å². The predicted octanol–water partition coefficient (Wildman–Crippen LogP) is 4.74. The fourth-order valence-corrected chi connectivity index (χ4v) is 2.31. The maximum absolute atomic E-state index is 12.9. The molecule has 110 valence electrons. The number of amides is 1. The van der Waals surface area contributed by atoms with Crippen molar-refractivity contribution in [2.24, 2.45) is 0 Å². The van der Waals surface area contributed by atoms with Gasteiger partial charge in [0, 0.05) is 22.8 Å². The van der Waals surface area contributed by atoms with E-state index in [0.29, 0.717) is 5.69 Å². The normalized spacial score (nSPS) is 11.3. The number of halogens is 4. The Kier molecular flexibility index (Phi) is 4.37. The predicted molar refractivity (Wildman–Crippen MR) is 78.3 cm³/mol. The van der Waals surface area contributed by atoms with Gasteiger partial charge in [0.1, 0.15) is 0 Å². The number of hydrogen-bond acceptors (Lipinski definition) is 1. The number of carbonyl (C=O) groups is 1. The number of para-hydroxylation sites is 1. The number of carbonyl (C=O) groups excluding carboxylic acids is 1. The smallest absolute Gasteiger partial charge is 0.311 e. The molecule has 0 N–H and O–H groups in total. The topological polar surface area (TPSA) is 20.3 Å². The SMILES string of the molecule is CN(C(=O)c1ccc(Br)c(C(F)(F)F)c1)c1ccccc1. The van der Waals surface area contributed by atoms with Crippen LogP contribution in [0.1, 0.15) is 15.9 Å². The number of anilines is 1. The zero-order valence-electron chi connectivity index (χ0n) is 11.0. The van der Waals surface area contributed by atoms with Gasteiger partial charge in [0.15, 0.2) is 0 Å². The summed E-state index contributed by atoms with van der Waals surface area (Å²) in [5.41, 5.74) is -0.273. The van der Waals surface area contributed by atoms with E-state index < -0.39 is 17.6 Å². The van der Waals surface area contributed by atoms with Crippen molar-refractivity contribution >= 4 is 27.5 Å². The molecule has 0 saturated heterocycles. The minimum Gasteiger partial charge on any atom is -0.311 e. The average molecular weight is 358 g/mol. The molecule has 0 fully saturated rings. The van der Waals surface area contributed by atoms with E-state index in [4.69, 9.17) is 0 Å². The molecule has 6 heteroatoms. The summed E-state index contributed by atoms with van der Waals surface area (Å²) < 4.78 is 38.5. The van der Waals surface area contributed by atoms with Crippen molar-refractivity contribution in [1.82, 2.24) is 0 Å². The highest BCUT2D eigenvalue weighted by Crippen LogP contribution is 2.35. The van der Waals surface area contributed by atoms with Crippen LogP contribution in [0.25, 0.3) is 0 Å². The Hall–Kier alpha value is -1.82. The van der Waals surface area contributed by atoms with E-state index in [9.17, 15) is 18.0 Å². The molecule has 0 saturated carbocycles. The summed E-state index contributed by atoms with van der Waals surface area (Å²) in [5.74, 6) is -0.501. The molecule has 2 aromatic rings. The fourth-order valence-electron chi connectivity index (χ4n) is 1.84. The molecular formula is C15H11BrF3NO. The molecule has 0 bridgehead atoms. The minimum atomic E-state index is -4.51. The number of benzene rings is 2. The third-order valence-electron chi connectivity index (χ3n) is 2.97. The molecule has 0 atom stereocenters. The Morgan fingerprint density at radius 1 is 1.10 bits per heavy atom. The summed E-state index contributed by atoms with van der Waals surface area (Å²) in [4.78, 5) is 13.6. The van der Waals surface area contributed by atoms with Crippen LogP contribution in [0, 0.1) is 0 Å². The number of hydrogen-bond donors (Lipinski definition) is 0. The standard InChI is InChI=1S/C15H11BrF3NO/c1-20(11-5-3-2-4-6-11)14(21)10-7-8-13(16)12(9-10)15(17,18)19/h2-9H,1H3. The van der Waals surface area contributed by atoms with E-state index in [-0.39, 0.29) is 10.0 Å². The molecule has 2 nitrogen and oxygen atoms in total. The monoisotopic (exact) mass is 357 g/mol. The maximum atomic E-state index is 12.9. The first kappa shape index (κ1) is 15.6. The van der Waals surface area contributed by atoms with Gasteiger partial charge in [-0.1, -0.05) is 34.1 Å². The fraction of sp³-hybridized carbons (Fsp3) is 0.133. The molecule has 0 radical (unpaired) electrons. The first-order valence-corrected chi connectivity index (χ1v) is 6.80. The van der Waals surface area contributed by atoms with Crippen LogP contribution < -0.4 is 4.90 Å². The van der Waals surface area contributed by atoms with Gasteiger partial charge in [-0.15, -0.1) is 0 Å². The van der Waals surface area contributed by atoms with Crippen LogP contribution in [-0.4, -0.2) is 13.0 Å². The second-order valence-corrected chi connectivity index (χ2v) is 5.25. The van der Waals surface area contributed by atoms with Crippen LogP contribution in [0.15, 0.2) is 53.0 Å². The lowest BCUT2D eigenvalue weighted by Crippen LogP contribution is -2.26. The van der Waals surface area contributed by atoms with Gasteiger partial charge in [0.05, 0.1) is 5.56 Å². The van der Waals surface area contributed by atoms with Gasteiger partial charge in [0.2, 0.25) is 0 Å². The Morgan fingerprint density at radius 2 is 1.71 bits per heavy atom. The van der Waals surface area contributed by atoms with Crippen LogP contribution in [-0.2, 0) is 6.18 Å². The summed E-state index contributed by atoms with van der Waals surface area (Å²) in [5, 5.41) is 0. The largest absolute Gasteiger partial charge is 0.417 e. The van der Waals surface area contributed by atoms with E-state index in [1.54, 1.807) is 30.3 Å². The second kappa shape index (κ2) is 5.89. The molecule has 0 heterocycles. The third-order valence-corrected chi connectivity index (χ3v) is 3.66. The number of nitrogens with zero attached hydrogens (tertiary/aromatic N) is 1. The molecular weight excluding hydrogens is 347 g/mol. The molecule has 0 aliphatic heterocycles. The summed E-state index contributed by atoms with van der Waals surface area (Å²) in [6.07, 6.45) is -4.51. The highest BCUT2D eigenvalue weighted by molar-refractivity contribution is 9.10. The van der Waals surface area contributed by atoms with Gasteiger partial charge in [-0.25, -0.2) is 0 Å². The molecule has 0 aromatic heterocycles. The lowest BCUT2D eigenvalue weighted by atomic mass is 10.1. The van der Waals surface area contributed by atoms with E-state index in [1.807, 2.05) is 0 Å². The highest BCUT2D eigenvalue weighted by Gasteiger charge is 2.33. The van der Waals surface area contributed by atoms with Crippen molar-refractivity contribution in [1.29, 1.82) is 0 Å². The quantitative estimate of drug-likeness (QED) is 0.759. The molecule has 2 rings (SSSR count). The number of rotatable bonds is 2. The van der Waals surface area contributed by atoms with Crippen molar-refractivity contribution < 1.29 is 18.0 Å². The van der Waals surface area contributed by atoms with Gasteiger partial charge in [-0.3, -0.25) is 4.79 Å². The Morgan fingerprint density at radius 3 is 2.29 bits per heavy atom. The van der Waals surface area contributed by atoms with Crippen LogP contribution in [0.4, 0.5) is 18.9 Å². The van der Waals surface area contributed by atoms with Crippen LogP contribution in [0.5, 0.6) is 0 Å². The van der Waals surface area contributed by atoms with E-state index in [1.165, 1.54) is 24.1 Å². The molecule has 0 aliphatic carbocycles. The zero-order valence-corrected chi connectivity index (χ0v) is 12.6. The van der Waals surface area contributed by atoms with Crippen molar-refractivity contribution in [2.75, 3.05) is 11.9 Å². The van der Waals surface area contributed by atoms with Crippen molar-refractivity contribution in [3.05, 3.63) is 64.1 Å². The van der Waals surface area contributed by atoms with Crippen molar-refractivity contribution in [2.45, 2.75) is 6.18 Å². The Labute approximate surface area is 128 Å². The third kappa shape index (κ3) is 3.44. The van der Waals surface area contributed by atoms with Gasteiger partial charge in [-0.05, 0) is 30.3 Å². The van der Waals surface area contributed by atoms with Crippen molar-refractivity contribution in [3.63, 3.8) is 0 Å². The molecule has 0 unspecified atom stereocenters. The first-order chi connectivity index (χ1) is 9.80. The highest BCUT2D eigenvalue weighted by atomic mass is 79.9. The minimum absolute atomic E-state index is 0.0168. The molecule has 21 heavy (non-hydrogen) atoms. The van der Waals surface area contributed by atoms with Gasteiger partial charge < -0.3 is 4.90 Å². The van der Waals surface area contributed by atoms with E-state index in [2.05, 4.69) is 15.9 Å². The van der Waals surface area contributed by atoms with Gasteiger partial charge in [0.25, 0.3) is 5.91 Å². The molecule has 0 spiro atoms. The molecule has 0 aliphatic rings. The molecule has 2 aromatic carbocycles. The van der Waals surface area contributed by atoms with Crippen LogP contribution in [0.2, 0.25) is 0 Å². The Balaban J connectivity index is 2.36. The van der Waals surface area contributed by atoms with Crippen molar-refractivity contribution in [3.8, 4) is 0 Å². The Bertz CT molecular complexity index is 656. The number of alkyl halides is 3. The van der Waals surface area contributed by atoms with Gasteiger partial charge >= 0.3 is 6.18 Å². The summed E-state index contributed by atoms with van der Waals surface area (Å²) in [6, 6.07) is 12.2.